The molecule has 15 heavy (non-hydrogen) atoms. The van der Waals surface area contributed by atoms with E-state index in [0.29, 0.717) is 6.10 Å². The van der Waals surface area contributed by atoms with E-state index in [1.165, 1.54) is 38.5 Å². The lowest BCUT2D eigenvalue weighted by atomic mass is 9.95. The van der Waals surface area contributed by atoms with Crippen LogP contribution >= 0.6 is 0 Å². The van der Waals surface area contributed by atoms with Gasteiger partial charge in [0.05, 0.1) is 6.26 Å². The number of rotatable bonds is 3. The van der Waals surface area contributed by atoms with E-state index in [4.69, 9.17) is 4.74 Å². The molecule has 0 aromatic heterocycles. The molecular weight excluding hydrogens is 186 g/mol. The standard InChI is InChI=1S/C13H21NO/c1-2-6-15-12(3-1)9-14-13-8-10-4-5-11(13)7-10/h2,6,10-14H,1,3-5,7-9H2. The van der Waals surface area contributed by atoms with Crippen LogP contribution < -0.4 is 5.32 Å². The third-order valence-corrected chi connectivity index (χ3v) is 4.37. The third kappa shape index (κ3) is 2.05. The van der Waals surface area contributed by atoms with Gasteiger partial charge in [-0.2, -0.15) is 0 Å². The second-order valence-corrected chi connectivity index (χ2v) is 5.40. The molecule has 2 bridgehead atoms. The van der Waals surface area contributed by atoms with E-state index in [9.17, 15) is 0 Å². The van der Waals surface area contributed by atoms with Crippen LogP contribution in [0.1, 0.15) is 38.5 Å². The molecule has 0 amide bonds. The Morgan fingerprint density at radius 1 is 1.20 bits per heavy atom. The van der Waals surface area contributed by atoms with Crippen LogP contribution in [0.2, 0.25) is 0 Å². The fourth-order valence-corrected chi connectivity index (χ4v) is 3.51. The minimum atomic E-state index is 0.425. The highest BCUT2D eigenvalue weighted by Gasteiger charge is 2.39. The summed E-state index contributed by atoms with van der Waals surface area (Å²) >= 11 is 0. The van der Waals surface area contributed by atoms with Gasteiger partial charge in [-0.1, -0.05) is 6.42 Å². The van der Waals surface area contributed by atoms with Gasteiger partial charge in [0.25, 0.3) is 0 Å². The zero-order chi connectivity index (χ0) is 10.1. The minimum Gasteiger partial charge on any atom is -0.497 e. The van der Waals surface area contributed by atoms with Crippen LogP contribution in [0.15, 0.2) is 12.3 Å². The van der Waals surface area contributed by atoms with Crippen LogP contribution in [0.4, 0.5) is 0 Å². The fourth-order valence-electron chi connectivity index (χ4n) is 3.51. The van der Waals surface area contributed by atoms with Gasteiger partial charge in [-0.25, -0.2) is 0 Å². The molecule has 2 nitrogen and oxygen atoms in total. The molecule has 84 valence electrons. The van der Waals surface area contributed by atoms with Crippen molar-refractivity contribution in [1.82, 2.24) is 5.32 Å². The van der Waals surface area contributed by atoms with Gasteiger partial charge in [0.1, 0.15) is 6.10 Å². The Morgan fingerprint density at radius 3 is 2.87 bits per heavy atom. The van der Waals surface area contributed by atoms with E-state index in [0.717, 1.165) is 24.4 Å². The molecule has 2 saturated carbocycles. The summed E-state index contributed by atoms with van der Waals surface area (Å²) in [6.45, 7) is 1.05. The topological polar surface area (TPSA) is 21.3 Å². The Morgan fingerprint density at radius 2 is 2.20 bits per heavy atom. The molecule has 0 saturated heterocycles. The SMILES string of the molecule is C1=COC(CNC2CC3CCC2C3)CC1. The quantitative estimate of drug-likeness (QED) is 0.767. The van der Waals surface area contributed by atoms with E-state index in [1.807, 2.05) is 6.26 Å². The Balaban J connectivity index is 1.44. The van der Waals surface area contributed by atoms with Gasteiger partial charge in [-0.05, 0) is 50.0 Å². The molecule has 1 heterocycles. The van der Waals surface area contributed by atoms with E-state index >= 15 is 0 Å². The number of ether oxygens (including phenoxy) is 1. The summed E-state index contributed by atoms with van der Waals surface area (Å²) in [5, 5.41) is 3.72. The highest BCUT2D eigenvalue weighted by atomic mass is 16.5. The molecule has 1 N–H and O–H groups in total. The first-order valence-corrected chi connectivity index (χ1v) is 6.45. The van der Waals surface area contributed by atoms with Crippen molar-refractivity contribution in [3.05, 3.63) is 12.3 Å². The van der Waals surface area contributed by atoms with Crippen molar-refractivity contribution in [3.8, 4) is 0 Å². The van der Waals surface area contributed by atoms with Crippen molar-refractivity contribution in [2.75, 3.05) is 6.54 Å². The minimum absolute atomic E-state index is 0.425. The van der Waals surface area contributed by atoms with Gasteiger partial charge in [-0.3, -0.25) is 0 Å². The van der Waals surface area contributed by atoms with Gasteiger partial charge in [0, 0.05) is 12.6 Å². The number of allylic oxidation sites excluding steroid dienone is 1. The lowest BCUT2D eigenvalue weighted by Crippen LogP contribution is -2.39. The zero-order valence-corrected chi connectivity index (χ0v) is 9.32. The molecule has 0 aromatic rings. The maximum atomic E-state index is 5.57. The van der Waals surface area contributed by atoms with Crippen LogP contribution in [-0.2, 0) is 4.74 Å². The van der Waals surface area contributed by atoms with Crippen molar-refractivity contribution >= 4 is 0 Å². The van der Waals surface area contributed by atoms with Crippen LogP contribution in [0, 0.1) is 11.8 Å². The highest BCUT2D eigenvalue weighted by Crippen LogP contribution is 2.44. The highest BCUT2D eigenvalue weighted by molar-refractivity contribution is 4.94. The molecule has 2 fully saturated rings. The van der Waals surface area contributed by atoms with Crippen LogP contribution in [0.25, 0.3) is 0 Å². The Bertz CT molecular complexity index is 251. The molecule has 4 atom stereocenters. The van der Waals surface area contributed by atoms with E-state index in [-0.39, 0.29) is 0 Å². The molecule has 3 aliphatic rings. The summed E-state index contributed by atoms with van der Waals surface area (Å²) in [4.78, 5) is 0. The first kappa shape index (κ1) is 9.71. The Kier molecular flexibility index (Phi) is 2.70. The molecule has 0 aromatic carbocycles. The average molecular weight is 207 g/mol. The van der Waals surface area contributed by atoms with Crippen LogP contribution in [-0.4, -0.2) is 18.7 Å². The smallest absolute Gasteiger partial charge is 0.110 e. The molecule has 2 aliphatic carbocycles. The van der Waals surface area contributed by atoms with Crippen LogP contribution in [0.5, 0.6) is 0 Å². The summed E-state index contributed by atoms with van der Waals surface area (Å²) < 4.78 is 5.57. The first-order chi connectivity index (χ1) is 7.42. The molecule has 0 spiro atoms. The van der Waals surface area contributed by atoms with Gasteiger partial charge in [0.15, 0.2) is 0 Å². The monoisotopic (exact) mass is 207 g/mol. The van der Waals surface area contributed by atoms with Crippen molar-refractivity contribution in [2.45, 2.75) is 50.7 Å². The number of hydrogen-bond donors (Lipinski definition) is 1. The largest absolute Gasteiger partial charge is 0.497 e. The van der Waals surface area contributed by atoms with Crippen molar-refractivity contribution in [2.24, 2.45) is 11.8 Å². The summed E-state index contributed by atoms with van der Waals surface area (Å²) in [6, 6.07) is 0.804. The summed E-state index contributed by atoms with van der Waals surface area (Å²) in [5.41, 5.74) is 0. The fraction of sp³-hybridized carbons (Fsp3) is 0.846. The molecular formula is C13H21NO. The zero-order valence-electron chi connectivity index (χ0n) is 9.32. The number of nitrogens with one attached hydrogen (secondary N) is 1. The molecule has 0 radical (unpaired) electrons. The summed E-state index contributed by atoms with van der Waals surface area (Å²) in [6.07, 6.45) is 12.7. The van der Waals surface area contributed by atoms with Gasteiger partial charge in [-0.15, -0.1) is 0 Å². The van der Waals surface area contributed by atoms with E-state index in [2.05, 4.69) is 11.4 Å². The number of fused-ring (bicyclic) bond motifs is 2. The Hall–Kier alpha value is -0.500. The van der Waals surface area contributed by atoms with Crippen molar-refractivity contribution in [3.63, 3.8) is 0 Å². The predicted octanol–water partition coefficient (Wildman–Crippen LogP) is 2.46. The lowest BCUT2D eigenvalue weighted by Gasteiger charge is -2.26. The normalized spacial score (nSPS) is 43.2. The van der Waals surface area contributed by atoms with Gasteiger partial charge >= 0.3 is 0 Å². The van der Waals surface area contributed by atoms with Gasteiger partial charge in [0.2, 0.25) is 0 Å². The first-order valence-electron chi connectivity index (χ1n) is 6.45. The molecule has 4 unspecified atom stereocenters. The van der Waals surface area contributed by atoms with E-state index < -0.39 is 0 Å². The van der Waals surface area contributed by atoms with E-state index in [1.54, 1.807) is 0 Å². The lowest BCUT2D eigenvalue weighted by molar-refractivity contribution is 0.116. The third-order valence-electron chi connectivity index (χ3n) is 4.37. The van der Waals surface area contributed by atoms with Crippen LogP contribution in [0.3, 0.4) is 0 Å². The Labute approximate surface area is 92.1 Å². The average Bonchev–Trinajstić information content (AvgIpc) is 2.89. The molecule has 1 aliphatic heterocycles. The predicted molar refractivity (Wildman–Crippen MR) is 60.5 cm³/mol. The second-order valence-electron chi connectivity index (χ2n) is 5.40. The van der Waals surface area contributed by atoms with Gasteiger partial charge < -0.3 is 10.1 Å². The molecule has 3 rings (SSSR count). The van der Waals surface area contributed by atoms with Crippen molar-refractivity contribution in [1.29, 1.82) is 0 Å². The second kappa shape index (κ2) is 4.17. The maximum absolute atomic E-state index is 5.57. The van der Waals surface area contributed by atoms with Crippen molar-refractivity contribution < 1.29 is 4.74 Å². The summed E-state index contributed by atoms with van der Waals surface area (Å²) in [7, 11) is 0. The maximum Gasteiger partial charge on any atom is 0.110 e. The summed E-state index contributed by atoms with van der Waals surface area (Å²) in [5.74, 6) is 2.02. The molecule has 2 heteroatoms. The number of hydrogen-bond acceptors (Lipinski definition) is 2.